The van der Waals surface area contributed by atoms with Crippen molar-refractivity contribution in [3.8, 4) is 0 Å². The average Bonchev–Trinajstić information content (AvgIpc) is 2.17. The molecule has 0 radical (unpaired) electrons. The predicted molar refractivity (Wildman–Crippen MR) is 64.7 cm³/mol. The van der Waals surface area contributed by atoms with Crippen molar-refractivity contribution in [2.75, 3.05) is 6.26 Å². The molecule has 0 heterocycles. The van der Waals surface area contributed by atoms with Gasteiger partial charge in [0.25, 0.3) is 0 Å². The standard InChI is InChI=1S/C11H13ClO3S/c1-3-10(16(2,14)15)11(13)8-4-6-9(12)7-5-8/h4-7,10H,3H2,1-2H3/t10-/m1/s1. The van der Waals surface area contributed by atoms with Gasteiger partial charge in [0.2, 0.25) is 0 Å². The molecular weight excluding hydrogens is 248 g/mol. The number of hydrogen-bond acceptors (Lipinski definition) is 3. The molecular formula is C11H13ClO3S. The second kappa shape index (κ2) is 4.97. The van der Waals surface area contributed by atoms with Crippen LogP contribution in [0, 0.1) is 0 Å². The zero-order valence-corrected chi connectivity index (χ0v) is 10.7. The first kappa shape index (κ1) is 13.2. The van der Waals surface area contributed by atoms with Crippen LogP contribution in [0.4, 0.5) is 0 Å². The maximum atomic E-state index is 11.9. The lowest BCUT2D eigenvalue weighted by Gasteiger charge is -2.11. The van der Waals surface area contributed by atoms with Gasteiger partial charge in [0.15, 0.2) is 15.6 Å². The zero-order valence-electron chi connectivity index (χ0n) is 9.10. The van der Waals surface area contributed by atoms with Gasteiger partial charge in [-0.15, -0.1) is 0 Å². The molecule has 0 aromatic heterocycles. The highest BCUT2D eigenvalue weighted by Gasteiger charge is 2.27. The third-order valence-electron chi connectivity index (χ3n) is 2.31. The summed E-state index contributed by atoms with van der Waals surface area (Å²) in [6.07, 6.45) is 1.36. The summed E-state index contributed by atoms with van der Waals surface area (Å²) in [5, 5.41) is -0.447. The van der Waals surface area contributed by atoms with E-state index in [1.165, 1.54) is 0 Å². The van der Waals surface area contributed by atoms with E-state index in [0.29, 0.717) is 10.6 Å². The van der Waals surface area contributed by atoms with Crippen molar-refractivity contribution in [3.63, 3.8) is 0 Å². The minimum atomic E-state index is -3.36. The van der Waals surface area contributed by atoms with Crippen molar-refractivity contribution in [1.82, 2.24) is 0 Å². The molecule has 1 aromatic carbocycles. The van der Waals surface area contributed by atoms with Gasteiger partial charge in [-0.1, -0.05) is 18.5 Å². The summed E-state index contributed by atoms with van der Waals surface area (Å²) in [6.45, 7) is 1.68. The number of hydrogen-bond donors (Lipinski definition) is 0. The summed E-state index contributed by atoms with van der Waals surface area (Å²) >= 11 is 5.69. The van der Waals surface area contributed by atoms with E-state index in [-0.39, 0.29) is 12.2 Å². The Morgan fingerprint density at radius 2 is 1.81 bits per heavy atom. The fourth-order valence-electron chi connectivity index (χ4n) is 1.48. The van der Waals surface area contributed by atoms with Crippen molar-refractivity contribution >= 4 is 27.2 Å². The molecule has 0 fully saturated rings. The van der Waals surface area contributed by atoms with E-state index < -0.39 is 15.1 Å². The Kier molecular flexibility index (Phi) is 4.10. The van der Waals surface area contributed by atoms with Crippen LogP contribution in [0.5, 0.6) is 0 Å². The van der Waals surface area contributed by atoms with Gasteiger partial charge in [0, 0.05) is 16.8 Å². The van der Waals surface area contributed by atoms with Gasteiger partial charge >= 0.3 is 0 Å². The Bertz CT molecular complexity index is 476. The normalized spacial score (nSPS) is 13.4. The van der Waals surface area contributed by atoms with Gasteiger partial charge in [-0.25, -0.2) is 8.42 Å². The Morgan fingerprint density at radius 1 is 1.31 bits per heavy atom. The van der Waals surface area contributed by atoms with E-state index in [1.807, 2.05) is 0 Å². The molecule has 0 aliphatic carbocycles. The van der Waals surface area contributed by atoms with Crippen LogP contribution in [0.1, 0.15) is 23.7 Å². The lowest BCUT2D eigenvalue weighted by Crippen LogP contribution is -2.28. The maximum absolute atomic E-state index is 11.9. The Morgan fingerprint density at radius 3 is 2.19 bits per heavy atom. The molecule has 0 bridgehead atoms. The highest BCUT2D eigenvalue weighted by molar-refractivity contribution is 7.92. The van der Waals surface area contributed by atoms with Crippen LogP contribution in [0.25, 0.3) is 0 Å². The summed E-state index contributed by atoms with van der Waals surface area (Å²) in [6, 6.07) is 6.23. The first-order chi connectivity index (χ1) is 7.36. The molecule has 0 aliphatic heterocycles. The molecule has 5 heteroatoms. The van der Waals surface area contributed by atoms with Crippen LogP contribution in [0.2, 0.25) is 5.02 Å². The van der Waals surface area contributed by atoms with Gasteiger partial charge in [-0.2, -0.15) is 0 Å². The summed E-state index contributed by atoms with van der Waals surface area (Å²) in [7, 11) is -3.36. The SMILES string of the molecule is CC[C@H](C(=O)c1ccc(Cl)cc1)S(C)(=O)=O. The summed E-state index contributed by atoms with van der Waals surface area (Å²) < 4.78 is 22.8. The molecule has 0 aliphatic rings. The number of benzene rings is 1. The van der Waals surface area contributed by atoms with Crippen molar-refractivity contribution in [1.29, 1.82) is 0 Å². The fourth-order valence-corrected chi connectivity index (χ4v) is 2.74. The maximum Gasteiger partial charge on any atom is 0.180 e. The van der Waals surface area contributed by atoms with E-state index >= 15 is 0 Å². The van der Waals surface area contributed by atoms with Crippen molar-refractivity contribution in [2.24, 2.45) is 0 Å². The Hall–Kier alpha value is -0.870. The molecule has 1 atom stereocenters. The van der Waals surface area contributed by atoms with Crippen LogP contribution in [-0.2, 0) is 9.84 Å². The number of sulfone groups is 1. The fraction of sp³-hybridized carbons (Fsp3) is 0.364. The highest BCUT2D eigenvalue weighted by Crippen LogP contribution is 2.15. The number of Topliss-reactive ketones (excluding diaryl/α,β-unsaturated/α-hetero) is 1. The Balaban J connectivity index is 3.06. The van der Waals surface area contributed by atoms with Gasteiger partial charge < -0.3 is 0 Å². The van der Waals surface area contributed by atoms with Crippen LogP contribution in [0.3, 0.4) is 0 Å². The van der Waals surface area contributed by atoms with Crippen molar-refractivity contribution in [3.05, 3.63) is 34.9 Å². The molecule has 0 spiro atoms. The summed E-state index contributed by atoms with van der Waals surface area (Å²) in [4.78, 5) is 11.9. The number of carbonyl (C=O) groups is 1. The number of carbonyl (C=O) groups excluding carboxylic acids is 1. The van der Waals surface area contributed by atoms with E-state index in [1.54, 1.807) is 31.2 Å². The molecule has 1 aromatic rings. The van der Waals surface area contributed by atoms with Crippen molar-refractivity contribution < 1.29 is 13.2 Å². The topological polar surface area (TPSA) is 51.2 Å². The van der Waals surface area contributed by atoms with Crippen LogP contribution >= 0.6 is 11.6 Å². The third-order valence-corrected chi connectivity index (χ3v) is 4.14. The molecule has 88 valence electrons. The largest absolute Gasteiger partial charge is 0.293 e. The molecule has 16 heavy (non-hydrogen) atoms. The average molecular weight is 261 g/mol. The van der Waals surface area contributed by atoms with E-state index in [9.17, 15) is 13.2 Å². The first-order valence-electron chi connectivity index (χ1n) is 4.85. The zero-order chi connectivity index (χ0) is 12.3. The number of halogens is 1. The number of ketones is 1. The van der Waals surface area contributed by atoms with E-state index in [0.717, 1.165) is 6.26 Å². The molecule has 0 amide bonds. The van der Waals surface area contributed by atoms with E-state index in [2.05, 4.69) is 0 Å². The van der Waals surface area contributed by atoms with E-state index in [4.69, 9.17) is 11.6 Å². The Labute approximate surface area is 100 Å². The monoisotopic (exact) mass is 260 g/mol. The van der Waals surface area contributed by atoms with Gasteiger partial charge in [-0.05, 0) is 30.7 Å². The van der Waals surface area contributed by atoms with Gasteiger partial charge in [-0.3, -0.25) is 4.79 Å². The minimum absolute atomic E-state index is 0.278. The number of rotatable bonds is 4. The quantitative estimate of drug-likeness (QED) is 0.781. The lowest BCUT2D eigenvalue weighted by atomic mass is 10.1. The van der Waals surface area contributed by atoms with Crippen molar-refractivity contribution in [2.45, 2.75) is 18.6 Å². The second-order valence-corrected chi connectivity index (χ2v) is 6.26. The first-order valence-corrected chi connectivity index (χ1v) is 7.18. The molecule has 0 N–H and O–H groups in total. The van der Waals surface area contributed by atoms with Crippen LogP contribution in [-0.4, -0.2) is 25.7 Å². The molecule has 3 nitrogen and oxygen atoms in total. The summed E-state index contributed by atoms with van der Waals surface area (Å²) in [5.41, 5.74) is 0.377. The lowest BCUT2D eigenvalue weighted by molar-refractivity contribution is 0.0985. The second-order valence-electron chi connectivity index (χ2n) is 3.60. The van der Waals surface area contributed by atoms with Gasteiger partial charge in [0.05, 0.1) is 0 Å². The van der Waals surface area contributed by atoms with Crippen LogP contribution < -0.4 is 0 Å². The minimum Gasteiger partial charge on any atom is -0.293 e. The molecule has 0 unspecified atom stereocenters. The third kappa shape index (κ3) is 3.06. The molecule has 1 rings (SSSR count). The molecule has 0 saturated heterocycles. The van der Waals surface area contributed by atoms with Crippen LogP contribution in [0.15, 0.2) is 24.3 Å². The predicted octanol–water partition coefficient (Wildman–Crippen LogP) is 2.35. The smallest absolute Gasteiger partial charge is 0.180 e. The summed E-state index contributed by atoms with van der Waals surface area (Å²) in [5.74, 6) is -0.373. The molecule has 0 saturated carbocycles. The highest BCUT2D eigenvalue weighted by atomic mass is 35.5. The van der Waals surface area contributed by atoms with Gasteiger partial charge in [0.1, 0.15) is 5.25 Å².